The van der Waals surface area contributed by atoms with Gasteiger partial charge in [0.1, 0.15) is 19.3 Å². The number of phosphoric ester groups is 1. The number of likely N-dealkylation sites (N-methyl/N-ethyl adjacent to an activating group) is 1. The monoisotopic (exact) mass is 1050 g/mol. The third kappa shape index (κ3) is 53.0. The van der Waals surface area contributed by atoms with Crippen LogP contribution in [0.2, 0.25) is 0 Å². The fourth-order valence-electron chi connectivity index (χ4n) is 7.43. The van der Waals surface area contributed by atoms with E-state index in [0.717, 1.165) is 103 Å². The Bertz CT molecular complexity index is 1730. The van der Waals surface area contributed by atoms with E-state index in [9.17, 15) is 19.0 Å². The molecule has 74 heavy (non-hydrogen) atoms. The van der Waals surface area contributed by atoms with Crippen molar-refractivity contribution >= 4 is 19.7 Å². The van der Waals surface area contributed by atoms with Gasteiger partial charge in [-0.2, -0.15) is 0 Å². The molecule has 0 spiro atoms. The van der Waals surface area contributed by atoms with E-state index in [1.165, 1.54) is 57.8 Å². The number of amides is 1. The van der Waals surface area contributed by atoms with Gasteiger partial charge in [0.25, 0.3) is 0 Å². The van der Waals surface area contributed by atoms with Gasteiger partial charge in [0.2, 0.25) is 5.91 Å². The van der Waals surface area contributed by atoms with E-state index in [1.54, 1.807) is 0 Å². The highest BCUT2D eigenvalue weighted by Gasteiger charge is 2.30. The molecular formula is C64H108N2O7P+. The van der Waals surface area contributed by atoms with E-state index < -0.39 is 25.9 Å². The molecule has 0 radical (unpaired) electrons. The molecule has 0 bridgehead atoms. The molecule has 0 saturated carbocycles. The van der Waals surface area contributed by atoms with E-state index in [2.05, 4.69) is 135 Å². The predicted molar refractivity (Wildman–Crippen MR) is 318 cm³/mol. The Labute approximate surface area is 454 Å². The third-order valence-corrected chi connectivity index (χ3v) is 12.8. The summed E-state index contributed by atoms with van der Waals surface area (Å²) >= 11 is 0. The number of hydrogen-bond acceptors (Lipinski definition) is 6. The molecule has 2 N–H and O–H groups in total. The Morgan fingerprint density at radius 2 is 0.878 bits per heavy atom. The second-order valence-electron chi connectivity index (χ2n) is 20.0. The highest BCUT2D eigenvalue weighted by atomic mass is 31.2. The van der Waals surface area contributed by atoms with Gasteiger partial charge in [0.05, 0.1) is 33.8 Å². The topological polar surface area (TPSA) is 111 Å². The zero-order chi connectivity index (χ0) is 54.3. The Morgan fingerprint density at radius 3 is 1.32 bits per heavy atom. The summed E-state index contributed by atoms with van der Waals surface area (Å²) in [5, 5.41) is 3.01. The molecule has 420 valence electrons. The Morgan fingerprint density at radius 1 is 0.486 bits per heavy atom. The molecule has 0 aliphatic rings. The average Bonchev–Trinajstić information content (AvgIpc) is 3.36. The summed E-state index contributed by atoms with van der Waals surface area (Å²) in [4.78, 5) is 37.6. The van der Waals surface area contributed by atoms with E-state index in [1.807, 2.05) is 45.4 Å². The molecule has 0 rings (SSSR count). The number of unbranched alkanes of at least 4 members (excludes halogenated alkanes) is 14. The van der Waals surface area contributed by atoms with Gasteiger partial charge in [-0.15, -0.1) is 0 Å². The first-order valence-corrected chi connectivity index (χ1v) is 30.5. The van der Waals surface area contributed by atoms with Crippen LogP contribution in [-0.4, -0.2) is 74.3 Å². The van der Waals surface area contributed by atoms with Crippen LogP contribution in [0, 0.1) is 0 Å². The summed E-state index contributed by atoms with van der Waals surface area (Å²) in [6, 6.07) is -0.905. The van der Waals surface area contributed by atoms with Crippen molar-refractivity contribution in [2.75, 3.05) is 40.9 Å². The molecule has 3 atom stereocenters. The van der Waals surface area contributed by atoms with Crippen molar-refractivity contribution in [3.05, 3.63) is 134 Å². The number of ether oxygens (including phenoxy) is 1. The maximum atomic E-state index is 13.5. The van der Waals surface area contributed by atoms with Crippen LogP contribution >= 0.6 is 7.82 Å². The SMILES string of the molecule is CC/C=C\C/C=C\C/C=C\C/C=C\C/C=C\C/C=C\CCC(=O)OC(/C=C/CCCCCCCCCCCCC)C(COP(=O)(O)OCC[N+](C)(C)C)NC(=O)CCCCC/C=C/C/C=C/C/C=C/C/C=C/CC. The van der Waals surface area contributed by atoms with Crippen LogP contribution in [0.15, 0.2) is 134 Å². The van der Waals surface area contributed by atoms with Crippen LogP contribution in [0.5, 0.6) is 0 Å². The summed E-state index contributed by atoms with van der Waals surface area (Å²) in [6.45, 7) is 6.68. The number of carbonyl (C=O) groups is 2. The van der Waals surface area contributed by atoms with E-state index in [4.69, 9.17) is 13.8 Å². The molecule has 0 heterocycles. The average molecular weight is 1050 g/mol. The molecule has 0 aromatic rings. The van der Waals surface area contributed by atoms with Gasteiger partial charge < -0.3 is 19.4 Å². The van der Waals surface area contributed by atoms with Crippen LogP contribution < -0.4 is 5.32 Å². The van der Waals surface area contributed by atoms with Crippen molar-refractivity contribution in [2.24, 2.45) is 0 Å². The molecule has 1 amide bonds. The molecular weight excluding hydrogens is 940 g/mol. The fraction of sp³-hybridized carbons (Fsp3) is 0.625. The maximum Gasteiger partial charge on any atom is 0.472 e. The number of esters is 1. The summed E-state index contributed by atoms with van der Waals surface area (Å²) < 4.78 is 30.5. The van der Waals surface area contributed by atoms with Gasteiger partial charge in [-0.3, -0.25) is 18.6 Å². The maximum absolute atomic E-state index is 13.5. The lowest BCUT2D eigenvalue weighted by molar-refractivity contribution is -0.870. The molecule has 0 aliphatic heterocycles. The van der Waals surface area contributed by atoms with Crippen molar-refractivity contribution in [3.63, 3.8) is 0 Å². The second-order valence-corrected chi connectivity index (χ2v) is 21.5. The predicted octanol–water partition coefficient (Wildman–Crippen LogP) is 17.7. The van der Waals surface area contributed by atoms with E-state index in [-0.39, 0.29) is 32.0 Å². The Hall–Kier alpha value is -3.85. The molecule has 0 aliphatic carbocycles. The van der Waals surface area contributed by atoms with E-state index >= 15 is 0 Å². The summed E-state index contributed by atoms with van der Waals surface area (Å²) in [5.41, 5.74) is 0. The minimum atomic E-state index is -4.48. The van der Waals surface area contributed by atoms with Crippen LogP contribution in [0.1, 0.15) is 207 Å². The minimum Gasteiger partial charge on any atom is -0.456 e. The summed E-state index contributed by atoms with van der Waals surface area (Å²) in [6.07, 6.45) is 74.6. The number of nitrogens with one attached hydrogen (secondary N) is 1. The van der Waals surface area contributed by atoms with Gasteiger partial charge in [0.15, 0.2) is 0 Å². The molecule has 10 heteroatoms. The number of carbonyl (C=O) groups excluding carboxylic acids is 2. The molecule has 0 saturated heterocycles. The number of quaternary nitrogens is 1. The lowest BCUT2D eigenvalue weighted by atomic mass is 10.0. The standard InChI is InChI=1S/C64H107N2O7P/c1-7-10-13-16-19-22-25-28-30-32-33-34-36-39-42-45-48-51-54-57-64(68)73-62(55-52-49-46-43-40-37-27-24-21-18-15-12-9-3)61(60-72-74(69,70)71-59-58-66(4,5)6)65-63(67)56-53-50-47-44-41-38-35-31-29-26-23-20-17-14-11-8-2/h10-11,13-14,19-20,22-23,28-31,33-34,38-39,41-42,48,51-52,55,61-62H,7-9,12,15-18,21,24-27,32,35-37,40,43-47,49-50,53-54,56-60H2,1-6H3,(H-,65,67,69,70)/p+1/b13-10-,14-11+,22-19-,23-20+,30-28-,31-29+,34-33-,41-38+,42-39-,51-48-,55-52+. The van der Waals surface area contributed by atoms with Crippen LogP contribution in [0.4, 0.5) is 0 Å². The lowest BCUT2D eigenvalue weighted by Gasteiger charge is -2.27. The van der Waals surface area contributed by atoms with Crippen LogP contribution in [0.3, 0.4) is 0 Å². The van der Waals surface area contributed by atoms with Crippen LogP contribution in [-0.2, 0) is 27.9 Å². The van der Waals surface area contributed by atoms with Crippen molar-refractivity contribution in [1.82, 2.24) is 5.32 Å². The van der Waals surface area contributed by atoms with Crippen molar-refractivity contribution in [3.8, 4) is 0 Å². The third-order valence-electron chi connectivity index (χ3n) is 11.8. The van der Waals surface area contributed by atoms with Crippen molar-refractivity contribution in [1.29, 1.82) is 0 Å². The van der Waals surface area contributed by atoms with E-state index in [0.29, 0.717) is 23.9 Å². The summed E-state index contributed by atoms with van der Waals surface area (Å²) in [5.74, 6) is -0.651. The molecule has 9 nitrogen and oxygen atoms in total. The van der Waals surface area contributed by atoms with Crippen LogP contribution in [0.25, 0.3) is 0 Å². The van der Waals surface area contributed by atoms with Gasteiger partial charge >= 0.3 is 13.8 Å². The zero-order valence-corrected chi connectivity index (χ0v) is 48.7. The van der Waals surface area contributed by atoms with Gasteiger partial charge in [0, 0.05) is 12.8 Å². The summed E-state index contributed by atoms with van der Waals surface area (Å²) in [7, 11) is 1.41. The smallest absolute Gasteiger partial charge is 0.456 e. The van der Waals surface area contributed by atoms with Crippen molar-refractivity contribution in [2.45, 2.75) is 219 Å². The largest absolute Gasteiger partial charge is 0.472 e. The van der Waals surface area contributed by atoms with Crippen molar-refractivity contribution < 1.29 is 37.3 Å². The van der Waals surface area contributed by atoms with Gasteiger partial charge in [-0.1, -0.05) is 219 Å². The molecule has 0 aromatic carbocycles. The first kappa shape index (κ1) is 70.1. The fourth-order valence-corrected chi connectivity index (χ4v) is 8.16. The Balaban J connectivity index is 5.55. The molecule has 3 unspecified atom stereocenters. The highest BCUT2D eigenvalue weighted by Crippen LogP contribution is 2.43. The normalized spacial score (nSPS) is 14.7. The number of hydrogen-bond donors (Lipinski definition) is 2. The molecule has 0 aromatic heterocycles. The first-order chi connectivity index (χ1) is 35.9. The second kappa shape index (κ2) is 52.6. The number of phosphoric acid groups is 1. The Kier molecular flexibility index (Phi) is 49.8. The quantitative estimate of drug-likeness (QED) is 0.0205. The highest BCUT2D eigenvalue weighted by molar-refractivity contribution is 7.47. The number of allylic oxidation sites excluding steroid dienone is 21. The first-order valence-electron chi connectivity index (χ1n) is 29.0. The lowest BCUT2D eigenvalue weighted by Crippen LogP contribution is -2.47. The minimum absolute atomic E-state index is 0.0150. The zero-order valence-electron chi connectivity index (χ0n) is 47.8. The number of nitrogens with zero attached hydrogens (tertiary/aromatic N) is 1. The van der Waals surface area contributed by atoms with Gasteiger partial charge in [-0.25, -0.2) is 4.57 Å². The number of rotatable bonds is 50. The van der Waals surface area contributed by atoms with Gasteiger partial charge in [-0.05, 0) is 109 Å². The molecule has 0 fully saturated rings.